The van der Waals surface area contributed by atoms with Crippen molar-refractivity contribution in [1.29, 1.82) is 0 Å². The number of ether oxygens (including phenoxy) is 1. The van der Waals surface area contributed by atoms with Gasteiger partial charge in [0.25, 0.3) is 0 Å². The molecule has 4 heteroatoms. The van der Waals surface area contributed by atoms with Crippen molar-refractivity contribution in [3.05, 3.63) is 53.1 Å². The van der Waals surface area contributed by atoms with Crippen LogP contribution in [0.5, 0.6) is 5.75 Å². The molecule has 0 aromatic heterocycles. The van der Waals surface area contributed by atoms with E-state index in [1.165, 1.54) is 5.69 Å². The summed E-state index contributed by atoms with van der Waals surface area (Å²) in [5.74, 6) is 0.852. The highest BCUT2D eigenvalue weighted by molar-refractivity contribution is 6.31. The maximum atomic E-state index is 6.01. The van der Waals surface area contributed by atoms with Gasteiger partial charge in [0, 0.05) is 36.0 Å². The maximum absolute atomic E-state index is 6.01. The number of halogens is 1. The van der Waals surface area contributed by atoms with Crippen molar-refractivity contribution in [3.8, 4) is 5.75 Å². The van der Waals surface area contributed by atoms with Gasteiger partial charge in [0.1, 0.15) is 12.4 Å². The summed E-state index contributed by atoms with van der Waals surface area (Å²) in [4.78, 5) is 2.33. The fourth-order valence-electron chi connectivity index (χ4n) is 2.45. The van der Waals surface area contributed by atoms with Gasteiger partial charge in [0.15, 0.2) is 0 Å². The molecular weight excluding hydrogens is 308 g/mol. The Morgan fingerprint density at radius 3 is 2.35 bits per heavy atom. The van der Waals surface area contributed by atoms with E-state index in [-0.39, 0.29) is 0 Å². The summed E-state index contributed by atoms with van der Waals surface area (Å²) in [7, 11) is 0. The largest absolute Gasteiger partial charge is 0.492 e. The minimum atomic E-state index is 0.610. The van der Waals surface area contributed by atoms with E-state index in [9.17, 15) is 0 Å². The maximum Gasteiger partial charge on any atom is 0.119 e. The zero-order valence-electron chi connectivity index (χ0n) is 14.1. The predicted molar refractivity (Wildman–Crippen MR) is 100 cm³/mol. The number of nitrogens with zero attached hydrogens (tertiary/aromatic N) is 1. The second-order valence-corrected chi connectivity index (χ2v) is 5.81. The van der Waals surface area contributed by atoms with Gasteiger partial charge in [0.2, 0.25) is 0 Å². The van der Waals surface area contributed by atoms with E-state index in [0.717, 1.165) is 41.7 Å². The summed E-state index contributed by atoms with van der Waals surface area (Å²) in [6.07, 6.45) is 0. The van der Waals surface area contributed by atoms with E-state index in [4.69, 9.17) is 16.3 Å². The molecule has 0 bridgehead atoms. The standard InChI is InChI=1S/C19H25ClN2O/c1-4-22(5-2)17-8-6-16(7-9-17)21-12-13-23-18-10-11-19(20)15(3)14-18/h6-11,14,21H,4-5,12-13H2,1-3H3. The Labute approximate surface area is 144 Å². The zero-order valence-corrected chi connectivity index (χ0v) is 14.9. The van der Waals surface area contributed by atoms with Gasteiger partial charge < -0.3 is 15.0 Å². The second kappa shape index (κ2) is 8.68. The van der Waals surface area contributed by atoms with Crippen molar-refractivity contribution >= 4 is 23.0 Å². The first-order valence-electron chi connectivity index (χ1n) is 8.12. The highest BCUT2D eigenvalue weighted by Crippen LogP contribution is 2.21. The molecule has 1 N–H and O–H groups in total. The van der Waals surface area contributed by atoms with Crippen molar-refractivity contribution < 1.29 is 4.74 Å². The average Bonchev–Trinajstić information content (AvgIpc) is 2.57. The highest BCUT2D eigenvalue weighted by atomic mass is 35.5. The third-order valence-corrected chi connectivity index (χ3v) is 4.25. The molecule has 0 aliphatic carbocycles. The van der Waals surface area contributed by atoms with Crippen LogP contribution in [0.1, 0.15) is 19.4 Å². The first-order valence-corrected chi connectivity index (χ1v) is 8.49. The molecule has 2 aromatic rings. The monoisotopic (exact) mass is 332 g/mol. The van der Waals surface area contributed by atoms with Crippen molar-refractivity contribution in [2.75, 3.05) is 36.5 Å². The Morgan fingerprint density at radius 2 is 1.74 bits per heavy atom. The van der Waals surface area contributed by atoms with Gasteiger partial charge in [-0.3, -0.25) is 0 Å². The van der Waals surface area contributed by atoms with Crippen LogP contribution >= 0.6 is 11.6 Å². The Balaban J connectivity index is 1.78. The van der Waals surface area contributed by atoms with Gasteiger partial charge in [0.05, 0.1) is 0 Å². The van der Waals surface area contributed by atoms with E-state index < -0.39 is 0 Å². The van der Waals surface area contributed by atoms with Crippen LogP contribution < -0.4 is 15.0 Å². The lowest BCUT2D eigenvalue weighted by Gasteiger charge is -2.21. The molecule has 0 saturated heterocycles. The second-order valence-electron chi connectivity index (χ2n) is 5.41. The quantitative estimate of drug-likeness (QED) is 0.689. The molecule has 3 nitrogen and oxygen atoms in total. The first kappa shape index (κ1) is 17.5. The van der Waals surface area contributed by atoms with Gasteiger partial charge in [-0.1, -0.05) is 11.6 Å². The van der Waals surface area contributed by atoms with Crippen molar-refractivity contribution in [3.63, 3.8) is 0 Å². The van der Waals surface area contributed by atoms with Crippen LogP contribution in [0.3, 0.4) is 0 Å². The lowest BCUT2D eigenvalue weighted by Crippen LogP contribution is -2.21. The van der Waals surface area contributed by atoms with E-state index in [1.54, 1.807) is 0 Å². The molecule has 0 spiro atoms. The number of benzene rings is 2. The third-order valence-electron chi connectivity index (χ3n) is 3.83. The predicted octanol–water partition coefficient (Wildman–Crippen LogP) is 4.99. The van der Waals surface area contributed by atoms with Gasteiger partial charge in [-0.05, 0) is 68.8 Å². The number of aryl methyl sites for hydroxylation is 1. The first-order chi connectivity index (χ1) is 11.1. The summed E-state index contributed by atoms with van der Waals surface area (Å²) in [5, 5.41) is 4.14. The topological polar surface area (TPSA) is 24.5 Å². The summed E-state index contributed by atoms with van der Waals surface area (Å²) >= 11 is 6.01. The molecule has 0 radical (unpaired) electrons. The molecule has 0 aliphatic rings. The van der Waals surface area contributed by atoms with E-state index in [2.05, 4.69) is 48.3 Å². The van der Waals surface area contributed by atoms with Gasteiger partial charge in [-0.2, -0.15) is 0 Å². The Morgan fingerprint density at radius 1 is 1.04 bits per heavy atom. The number of nitrogens with one attached hydrogen (secondary N) is 1. The summed E-state index contributed by atoms with van der Waals surface area (Å²) in [5.41, 5.74) is 3.40. The fraction of sp³-hybridized carbons (Fsp3) is 0.368. The van der Waals surface area contributed by atoms with Crippen molar-refractivity contribution in [2.24, 2.45) is 0 Å². The molecule has 0 atom stereocenters. The number of hydrogen-bond donors (Lipinski definition) is 1. The molecule has 0 heterocycles. The molecule has 124 valence electrons. The lowest BCUT2D eigenvalue weighted by atomic mass is 10.2. The van der Waals surface area contributed by atoms with Crippen LogP contribution in [0.15, 0.2) is 42.5 Å². The Hall–Kier alpha value is -1.87. The molecule has 2 rings (SSSR count). The Bertz CT molecular complexity index is 609. The van der Waals surface area contributed by atoms with Gasteiger partial charge >= 0.3 is 0 Å². The molecule has 0 saturated carbocycles. The number of rotatable bonds is 8. The fourth-order valence-corrected chi connectivity index (χ4v) is 2.57. The van der Waals surface area contributed by atoms with Crippen molar-refractivity contribution in [2.45, 2.75) is 20.8 Å². The molecule has 0 amide bonds. The Kier molecular flexibility index (Phi) is 6.60. The van der Waals surface area contributed by atoms with Gasteiger partial charge in [-0.15, -0.1) is 0 Å². The van der Waals surface area contributed by atoms with Crippen LogP contribution in [0, 0.1) is 6.92 Å². The molecule has 0 fully saturated rings. The van der Waals surface area contributed by atoms with Crippen LogP contribution in [0.2, 0.25) is 5.02 Å². The molecule has 0 aliphatic heterocycles. The highest BCUT2D eigenvalue weighted by Gasteiger charge is 2.01. The normalized spacial score (nSPS) is 10.4. The number of hydrogen-bond acceptors (Lipinski definition) is 3. The number of anilines is 2. The van der Waals surface area contributed by atoms with Crippen molar-refractivity contribution in [1.82, 2.24) is 0 Å². The third kappa shape index (κ3) is 5.07. The smallest absolute Gasteiger partial charge is 0.119 e. The van der Waals surface area contributed by atoms with E-state index in [0.29, 0.717) is 6.61 Å². The molecule has 2 aromatic carbocycles. The summed E-state index contributed by atoms with van der Waals surface area (Å²) < 4.78 is 5.73. The zero-order chi connectivity index (χ0) is 16.7. The SMILES string of the molecule is CCN(CC)c1ccc(NCCOc2ccc(Cl)c(C)c2)cc1. The average molecular weight is 333 g/mol. The van der Waals surface area contributed by atoms with E-state index in [1.807, 2.05) is 25.1 Å². The minimum Gasteiger partial charge on any atom is -0.492 e. The van der Waals surface area contributed by atoms with Crippen LogP contribution in [-0.2, 0) is 0 Å². The molecular formula is C19H25ClN2O. The van der Waals surface area contributed by atoms with E-state index >= 15 is 0 Å². The van der Waals surface area contributed by atoms with Gasteiger partial charge in [-0.25, -0.2) is 0 Å². The van der Waals surface area contributed by atoms with Crippen LogP contribution in [0.4, 0.5) is 11.4 Å². The molecule has 23 heavy (non-hydrogen) atoms. The summed E-state index contributed by atoms with van der Waals surface area (Å²) in [6.45, 7) is 9.74. The summed E-state index contributed by atoms with van der Waals surface area (Å²) in [6, 6.07) is 14.2. The minimum absolute atomic E-state index is 0.610. The van der Waals surface area contributed by atoms with Crippen LogP contribution in [-0.4, -0.2) is 26.2 Å². The molecule has 0 unspecified atom stereocenters. The lowest BCUT2D eigenvalue weighted by molar-refractivity contribution is 0.332. The van der Waals surface area contributed by atoms with Crippen LogP contribution in [0.25, 0.3) is 0 Å².